The fourth-order valence-corrected chi connectivity index (χ4v) is 3.57. The van der Waals surface area contributed by atoms with E-state index in [1.165, 1.54) is 0 Å². The Morgan fingerprint density at radius 1 is 1.17 bits per heavy atom. The monoisotopic (exact) mass is 404 g/mol. The highest BCUT2D eigenvalue weighted by atomic mass is 16.5. The molecule has 0 amide bonds. The summed E-state index contributed by atoms with van der Waals surface area (Å²) in [4.78, 5) is 4.30. The van der Waals surface area contributed by atoms with Crippen molar-refractivity contribution in [3.05, 3.63) is 60.3 Å². The molecule has 0 bridgehead atoms. The predicted octanol–water partition coefficient (Wildman–Crippen LogP) is 4.54. The molecule has 0 saturated heterocycles. The van der Waals surface area contributed by atoms with E-state index < -0.39 is 0 Å². The smallest absolute Gasteiger partial charge is 0.144 e. The molecule has 7 nitrogen and oxygen atoms in total. The molecule has 0 aliphatic rings. The summed E-state index contributed by atoms with van der Waals surface area (Å²) in [5, 5.41) is 9.41. The van der Waals surface area contributed by atoms with Gasteiger partial charge in [-0.3, -0.25) is 4.68 Å². The number of aromatic nitrogens is 4. The highest BCUT2D eigenvalue weighted by Gasteiger charge is 2.12. The zero-order chi connectivity index (χ0) is 21.1. The second-order valence-electron chi connectivity index (χ2n) is 7.47. The molecule has 2 heterocycles. The van der Waals surface area contributed by atoms with Gasteiger partial charge in [-0.15, -0.1) is 0 Å². The molecule has 7 heteroatoms. The highest BCUT2D eigenvalue weighted by Crippen LogP contribution is 2.31. The topological polar surface area (TPSA) is 82.9 Å². The first kappa shape index (κ1) is 20.0. The van der Waals surface area contributed by atoms with E-state index in [-0.39, 0.29) is 0 Å². The Bertz CT molecular complexity index is 1160. The molecule has 0 unspecified atom stereocenters. The van der Waals surface area contributed by atoms with Crippen molar-refractivity contribution < 1.29 is 4.74 Å². The van der Waals surface area contributed by atoms with E-state index in [0.717, 1.165) is 64.4 Å². The second-order valence-corrected chi connectivity index (χ2v) is 7.47. The van der Waals surface area contributed by atoms with Crippen LogP contribution in [-0.2, 0) is 13.1 Å². The van der Waals surface area contributed by atoms with Gasteiger partial charge in [0.1, 0.15) is 11.3 Å². The van der Waals surface area contributed by atoms with Crippen molar-refractivity contribution >= 4 is 22.3 Å². The molecule has 2 aromatic carbocycles. The lowest BCUT2D eigenvalue weighted by Crippen LogP contribution is -2.01. The average molecular weight is 405 g/mol. The minimum Gasteiger partial charge on any atom is -0.494 e. The van der Waals surface area contributed by atoms with E-state index in [4.69, 9.17) is 15.6 Å². The maximum atomic E-state index is 5.94. The van der Waals surface area contributed by atoms with Gasteiger partial charge in [-0.25, -0.2) is 4.98 Å². The number of hydrogen-bond acceptors (Lipinski definition) is 5. The summed E-state index contributed by atoms with van der Waals surface area (Å²) < 4.78 is 9.62. The number of nitrogens with one attached hydrogen (secondary N) is 1. The molecule has 0 fully saturated rings. The number of imidazole rings is 1. The number of benzene rings is 2. The average Bonchev–Trinajstić information content (AvgIpc) is 3.37. The van der Waals surface area contributed by atoms with Crippen molar-refractivity contribution in [1.29, 1.82) is 0 Å². The number of unbranched alkanes of at least 4 members (excludes halogenated alkanes) is 1. The lowest BCUT2D eigenvalue weighted by molar-refractivity contribution is 0.413. The molecule has 0 saturated carbocycles. The van der Waals surface area contributed by atoms with Gasteiger partial charge in [-0.05, 0) is 43.2 Å². The van der Waals surface area contributed by atoms with E-state index >= 15 is 0 Å². The zero-order valence-corrected chi connectivity index (χ0v) is 17.7. The van der Waals surface area contributed by atoms with Crippen LogP contribution in [0.3, 0.4) is 0 Å². The molecule has 4 aromatic rings. The van der Waals surface area contributed by atoms with Gasteiger partial charge in [0.05, 0.1) is 30.5 Å². The minimum atomic E-state index is 0.479. The number of nitrogens with zero attached hydrogens (tertiary/aromatic N) is 4. The van der Waals surface area contributed by atoms with Gasteiger partial charge in [0.15, 0.2) is 0 Å². The van der Waals surface area contributed by atoms with Crippen LogP contribution >= 0.6 is 0 Å². The first-order valence-electron chi connectivity index (χ1n) is 10.3. The van der Waals surface area contributed by atoms with Crippen LogP contribution in [0.4, 0.5) is 11.4 Å². The van der Waals surface area contributed by atoms with Crippen LogP contribution in [0.1, 0.15) is 31.0 Å². The quantitative estimate of drug-likeness (QED) is 0.450. The molecule has 0 aliphatic carbocycles. The van der Waals surface area contributed by atoms with Crippen LogP contribution in [0.5, 0.6) is 5.75 Å². The van der Waals surface area contributed by atoms with Crippen LogP contribution in [0.15, 0.2) is 49.1 Å². The SMILES string of the molecule is CCCCn1cc2cc(CN)cc(Nc3ccc(-n4cnc(C)c4)c(OC)c3)c2n1. The Morgan fingerprint density at radius 2 is 2.03 bits per heavy atom. The molecule has 4 rings (SSSR count). The fraction of sp³-hybridized carbons (Fsp3) is 0.304. The molecule has 0 aliphatic heterocycles. The predicted molar refractivity (Wildman–Crippen MR) is 121 cm³/mol. The van der Waals surface area contributed by atoms with Gasteiger partial charge < -0.3 is 20.4 Å². The Kier molecular flexibility index (Phi) is 5.72. The zero-order valence-electron chi connectivity index (χ0n) is 17.7. The van der Waals surface area contributed by atoms with Crippen molar-refractivity contribution in [2.75, 3.05) is 12.4 Å². The Labute approximate surface area is 176 Å². The van der Waals surface area contributed by atoms with Gasteiger partial charge in [0.25, 0.3) is 0 Å². The number of hydrogen-bond donors (Lipinski definition) is 2. The summed E-state index contributed by atoms with van der Waals surface area (Å²) in [5.41, 5.74) is 11.7. The van der Waals surface area contributed by atoms with Crippen LogP contribution < -0.4 is 15.8 Å². The maximum Gasteiger partial charge on any atom is 0.144 e. The second kappa shape index (κ2) is 8.59. The number of nitrogens with two attached hydrogens (primary N) is 1. The standard InChI is InChI=1S/C23H28N6O/c1-4-5-8-29-14-18-9-17(12-24)10-20(23(18)27-29)26-19-6-7-21(22(11-19)30-3)28-13-16(2)25-15-28/h6-7,9-11,13-15,26H,4-5,8,12,24H2,1-3H3. The largest absolute Gasteiger partial charge is 0.494 e. The van der Waals surface area contributed by atoms with E-state index in [2.05, 4.69) is 35.6 Å². The molecule has 3 N–H and O–H groups in total. The molecule has 0 atom stereocenters. The number of ether oxygens (including phenoxy) is 1. The van der Waals surface area contributed by atoms with Crippen molar-refractivity contribution in [2.45, 2.75) is 39.8 Å². The van der Waals surface area contributed by atoms with E-state index in [1.54, 1.807) is 13.4 Å². The third-order valence-electron chi connectivity index (χ3n) is 5.14. The summed E-state index contributed by atoms with van der Waals surface area (Å²) >= 11 is 0. The van der Waals surface area contributed by atoms with Crippen molar-refractivity contribution in [3.8, 4) is 11.4 Å². The summed E-state index contributed by atoms with van der Waals surface area (Å²) in [6.07, 6.45) is 8.10. The normalized spacial score (nSPS) is 11.2. The van der Waals surface area contributed by atoms with Crippen molar-refractivity contribution in [2.24, 2.45) is 5.73 Å². The lowest BCUT2D eigenvalue weighted by Gasteiger charge is -2.13. The molecular formula is C23H28N6O. The Morgan fingerprint density at radius 3 is 2.73 bits per heavy atom. The fourth-order valence-electron chi connectivity index (χ4n) is 3.57. The summed E-state index contributed by atoms with van der Waals surface area (Å²) in [6, 6.07) is 10.2. The summed E-state index contributed by atoms with van der Waals surface area (Å²) in [6.45, 7) is 5.54. The molecule has 156 valence electrons. The lowest BCUT2D eigenvalue weighted by atomic mass is 10.1. The van der Waals surface area contributed by atoms with Gasteiger partial charge in [0, 0.05) is 42.6 Å². The number of aryl methyl sites for hydroxylation is 2. The number of rotatable bonds is 8. The Balaban J connectivity index is 1.70. The summed E-state index contributed by atoms with van der Waals surface area (Å²) in [5.74, 6) is 0.761. The molecule has 30 heavy (non-hydrogen) atoms. The first-order chi connectivity index (χ1) is 14.6. The number of methoxy groups -OCH3 is 1. The Hall–Kier alpha value is -3.32. The number of fused-ring (bicyclic) bond motifs is 1. The minimum absolute atomic E-state index is 0.479. The number of anilines is 2. The third-order valence-corrected chi connectivity index (χ3v) is 5.14. The molecule has 0 radical (unpaired) electrons. The molecule has 2 aromatic heterocycles. The van der Waals surface area contributed by atoms with Crippen molar-refractivity contribution in [1.82, 2.24) is 19.3 Å². The van der Waals surface area contributed by atoms with E-state index in [9.17, 15) is 0 Å². The van der Waals surface area contributed by atoms with Crippen LogP contribution in [0.25, 0.3) is 16.6 Å². The molecule has 0 spiro atoms. The summed E-state index contributed by atoms with van der Waals surface area (Å²) in [7, 11) is 1.68. The highest BCUT2D eigenvalue weighted by molar-refractivity contribution is 5.93. The third kappa shape index (κ3) is 4.02. The first-order valence-corrected chi connectivity index (χ1v) is 10.3. The van der Waals surface area contributed by atoms with E-state index in [1.807, 2.05) is 40.6 Å². The van der Waals surface area contributed by atoms with Crippen LogP contribution in [0.2, 0.25) is 0 Å². The van der Waals surface area contributed by atoms with Crippen LogP contribution in [0, 0.1) is 6.92 Å². The maximum absolute atomic E-state index is 5.94. The van der Waals surface area contributed by atoms with Crippen LogP contribution in [-0.4, -0.2) is 26.4 Å². The van der Waals surface area contributed by atoms with E-state index in [0.29, 0.717) is 6.54 Å². The van der Waals surface area contributed by atoms with Gasteiger partial charge in [-0.1, -0.05) is 13.3 Å². The molecular weight excluding hydrogens is 376 g/mol. The van der Waals surface area contributed by atoms with Gasteiger partial charge in [0.2, 0.25) is 0 Å². The van der Waals surface area contributed by atoms with Crippen molar-refractivity contribution in [3.63, 3.8) is 0 Å². The van der Waals surface area contributed by atoms with Gasteiger partial charge in [-0.2, -0.15) is 5.10 Å². The van der Waals surface area contributed by atoms with Gasteiger partial charge >= 0.3 is 0 Å².